The van der Waals surface area contributed by atoms with E-state index >= 15 is 0 Å². The zero-order chi connectivity index (χ0) is 11.8. The van der Waals surface area contributed by atoms with Crippen molar-refractivity contribution in [1.82, 2.24) is 15.0 Å². The molecule has 0 aromatic carbocycles. The molecule has 0 bridgehead atoms. The van der Waals surface area contributed by atoms with Gasteiger partial charge < -0.3 is 16.0 Å². The summed E-state index contributed by atoms with van der Waals surface area (Å²) in [4.78, 5) is 12.6. The van der Waals surface area contributed by atoms with Gasteiger partial charge in [-0.3, -0.25) is 0 Å². The average Bonchev–Trinajstić information content (AvgIpc) is 2.34. The number of nitrogens with zero attached hydrogens (tertiary/aromatic N) is 3. The van der Waals surface area contributed by atoms with E-state index in [0.717, 1.165) is 13.0 Å². The molecule has 3 N–H and O–H groups in total. The normalized spacial score (nSPS) is 9.94. The monoisotopic (exact) mass is 224 g/mol. The van der Waals surface area contributed by atoms with Crippen LogP contribution in [0, 0.1) is 0 Å². The lowest BCUT2D eigenvalue weighted by atomic mass is 10.2. The van der Waals surface area contributed by atoms with Gasteiger partial charge >= 0.3 is 0 Å². The van der Waals surface area contributed by atoms with Crippen LogP contribution in [0.1, 0.15) is 26.2 Å². The SMILES string of the molecule is CCCCCNc1nc(NC)nc(NC)n1. The second kappa shape index (κ2) is 6.81. The Morgan fingerprint density at radius 3 is 1.94 bits per heavy atom. The second-order valence-electron chi connectivity index (χ2n) is 3.44. The van der Waals surface area contributed by atoms with Crippen LogP contribution in [0.2, 0.25) is 0 Å². The van der Waals surface area contributed by atoms with E-state index in [9.17, 15) is 0 Å². The van der Waals surface area contributed by atoms with E-state index < -0.39 is 0 Å². The Bertz CT molecular complexity index is 292. The predicted octanol–water partition coefficient (Wildman–Crippen LogP) is 1.56. The Morgan fingerprint density at radius 1 is 0.875 bits per heavy atom. The van der Waals surface area contributed by atoms with Crippen LogP contribution in [0.15, 0.2) is 0 Å². The van der Waals surface area contributed by atoms with Gasteiger partial charge in [0, 0.05) is 20.6 Å². The summed E-state index contributed by atoms with van der Waals surface area (Å²) in [6.07, 6.45) is 3.56. The summed E-state index contributed by atoms with van der Waals surface area (Å²) in [5.74, 6) is 1.74. The van der Waals surface area contributed by atoms with E-state index in [2.05, 4.69) is 37.8 Å². The number of unbranched alkanes of at least 4 members (excludes halogenated alkanes) is 2. The van der Waals surface area contributed by atoms with Gasteiger partial charge in [-0.2, -0.15) is 15.0 Å². The minimum absolute atomic E-state index is 0.567. The molecule has 16 heavy (non-hydrogen) atoms. The van der Waals surface area contributed by atoms with Gasteiger partial charge in [0.25, 0.3) is 0 Å². The number of hydrogen-bond donors (Lipinski definition) is 3. The smallest absolute Gasteiger partial charge is 0.229 e. The molecule has 6 nitrogen and oxygen atoms in total. The van der Waals surface area contributed by atoms with E-state index in [1.165, 1.54) is 12.8 Å². The van der Waals surface area contributed by atoms with Crippen LogP contribution < -0.4 is 16.0 Å². The zero-order valence-corrected chi connectivity index (χ0v) is 10.2. The molecule has 1 aromatic heterocycles. The summed E-state index contributed by atoms with van der Waals surface area (Å²) in [6, 6.07) is 0. The van der Waals surface area contributed by atoms with Gasteiger partial charge in [-0.05, 0) is 6.42 Å². The maximum absolute atomic E-state index is 4.21. The molecule has 90 valence electrons. The first-order valence-electron chi connectivity index (χ1n) is 5.65. The van der Waals surface area contributed by atoms with Gasteiger partial charge in [-0.25, -0.2) is 0 Å². The summed E-state index contributed by atoms with van der Waals surface area (Å²) < 4.78 is 0. The summed E-state index contributed by atoms with van der Waals surface area (Å²) in [7, 11) is 3.57. The highest BCUT2D eigenvalue weighted by atomic mass is 15.3. The van der Waals surface area contributed by atoms with Crippen molar-refractivity contribution in [3.05, 3.63) is 0 Å². The van der Waals surface area contributed by atoms with Crippen LogP contribution in [0.25, 0.3) is 0 Å². The molecule has 1 rings (SSSR count). The van der Waals surface area contributed by atoms with E-state index in [4.69, 9.17) is 0 Å². The molecule has 0 aliphatic carbocycles. The van der Waals surface area contributed by atoms with E-state index in [1.54, 1.807) is 14.1 Å². The molecule has 0 atom stereocenters. The first-order chi connectivity index (χ1) is 7.80. The topological polar surface area (TPSA) is 74.8 Å². The van der Waals surface area contributed by atoms with E-state index in [-0.39, 0.29) is 0 Å². The van der Waals surface area contributed by atoms with Crippen LogP contribution in [-0.2, 0) is 0 Å². The molecule has 6 heteroatoms. The first-order valence-corrected chi connectivity index (χ1v) is 5.65. The van der Waals surface area contributed by atoms with Gasteiger partial charge in [-0.15, -0.1) is 0 Å². The Balaban J connectivity index is 2.57. The molecular formula is C10H20N6. The van der Waals surface area contributed by atoms with Gasteiger partial charge in [-0.1, -0.05) is 19.8 Å². The van der Waals surface area contributed by atoms with Crippen molar-refractivity contribution in [2.45, 2.75) is 26.2 Å². The third kappa shape index (κ3) is 3.88. The van der Waals surface area contributed by atoms with Crippen molar-refractivity contribution < 1.29 is 0 Å². The van der Waals surface area contributed by atoms with E-state index in [1.807, 2.05) is 0 Å². The quantitative estimate of drug-likeness (QED) is 0.610. The molecule has 0 saturated heterocycles. The lowest BCUT2D eigenvalue weighted by molar-refractivity contribution is 0.740. The van der Waals surface area contributed by atoms with Gasteiger partial charge in [0.2, 0.25) is 17.8 Å². The van der Waals surface area contributed by atoms with E-state index in [0.29, 0.717) is 17.8 Å². The van der Waals surface area contributed by atoms with Crippen molar-refractivity contribution in [1.29, 1.82) is 0 Å². The van der Waals surface area contributed by atoms with Crippen LogP contribution in [0.3, 0.4) is 0 Å². The molecule has 1 aromatic rings. The molecular weight excluding hydrogens is 204 g/mol. The fraction of sp³-hybridized carbons (Fsp3) is 0.700. The van der Waals surface area contributed by atoms with Crippen molar-refractivity contribution in [3.63, 3.8) is 0 Å². The summed E-state index contributed by atoms with van der Waals surface area (Å²) in [6.45, 7) is 3.07. The van der Waals surface area contributed by atoms with Crippen molar-refractivity contribution in [2.24, 2.45) is 0 Å². The van der Waals surface area contributed by atoms with Gasteiger partial charge in [0.1, 0.15) is 0 Å². The van der Waals surface area contributed by atoms with Gasteiger partial charge in [0.15, 0.2) is 0 Å². The molecule has 0 amide bonds. The molecule has 1 heterocycles. The Morgan fingerprint density at radius 2 is 1.44 bits per heavy atom. The van der Waals surface area contributed by atoms with Crippen LogP contribution in [0.5, 0.6) is 0 Å². The number of anilines is 3. The zero-order valence-electron chi connectivity index (χ0n) is 10.2. The summed E-state index contributed by atoms with van der Waals surface area (Å²) >= 11 is 0. The molecule has 0 radical (unpaired) electrons. The number of rotatable bonds is 7. The average molecular weight is 224 g/mol. The molecule has 0 aliphatic heterocycles. The lowest BCUT2D eigenvalue weighted by Crippen LogP contribution is -2.10. The maximum Gasteiger partial charge on any atom is 0.229 e. The minimum atomic E-state index is 0.567. The Hall–Kier alpha value is -1.59. The highest BCUT2D eigenvalue weighted by Crippen LogP contribution is 2.08. The third-order valence-electron chi connectivity index (χ3n) is 2.15. The molecule has 0 aliphatic rings. The molecule has 0 spiro atoms. The summed E-state index contributed by atoms with van der Waals surface area (Å²) in [5.41, 5.74) is 0. The highest BCUT2D eigenvalue weighted by molar-refractivity contribution is 5.41. The van der Waals surface area contributed by atoms with Crippen LogP contribution in [0.4, 0.5) is 17.8 Å². The Labute approximate surface area is 96.3 Å². The van der Waals surface area contributed by atoms with Crippen molar-refractivity contribution in [2.75, 3.05) is 36.6 Å². The van der Waals surface area contributed by atoms with Crippen LogP contribution >= 0.6 is 0 Å². The molecule has 0 saturated carbocycles. The summed E-state index contributed by atoms with van der Waals surface area (Å²) in [5, 5.41) is 8.99. The van der Waals surface area contributed by atoms with Crippen molar-refractivity contribution >= 4 is 17.8 Å². The minimum Gasteiger partial charge on any atom is -0.357 e. The highest BCUT2D eigenvalue weighted by Gasteiger charge is 2.02. The molecule has 0 fully saturated rings. The number of aromatic nitrogens is 3. The van der Waals surface area contributed by atoms with Crippen LogP contribution in [-0.4, -0.2) is 35.6 Å². The van der Waals surface area contributed by atoms with Gasteiger partial charge in [0.05, 0.1) is 0 Å². The number of nitrogens with one attached hydrogen (secondary N) is 3. The fourth-order valence-corrected chi connectivity index (χ4v) is 1.25. The fourth-order valence-electron chi connectivity index (χ4n) is 1.25. The number of hydrogen-bond acceptors (Lipinski definition) is 6. The first kappa shape index (κ1) is 12.5. The second-order valence-corrected chi connectivity index (χ2v) is 3.44. The maximum atomic E-state index is 4.21. The molecule has 0 unspecified atom stereocenters. The Kier molecular flexibility index (Phi) is 5.31. The third-order valence-corrected chi connectivity index (χ3v) is 2.15. The standard InChI is InChI=1S/C10H20N6/c1-4-5-6-7-13-10-15-8(11-2)14-9(12-3)16-10/h4-7H2,1-3H3,(H3,11,12,13,14,15,16). The largest absolute Gasteiger partial charge is 0.357 e. The van der Waals surface area contributed by atoms with Crippen molar-refractivity contribution in [3.8, 4) is 0 Å². The lowest BCUT2D eigenvalue weighted by Gasteiger charge is -2.07. The predicted molar refractivity (Wildman–Crippen MR) is 66.9 cm³/mol.